The van der Waals surface area contributed by atoms with E-state index in [0.29, 0.717) is 12.6 Å². The predicted molar refractivity (Wildman–Crippen MR) is 117 cm³/mol. The molecule has 2 heterocycles. The smallest absolute Gasteiger partial charge is 0.322 e. The highest BCUT2D eigenvalue weighted by atomic mass is 16.5. The van der Waals surface area contributed by atoms with Crippen LogP contribution in [0.2, 0.25) is 0 Å². The maximum atomic E-state index is 12.9. The highest BCUT2D eigenvalue weighted by Crippen LogP contribution is 2.26. The number of amides is 2. The molecule has 5 nitrogen and oxygen atoms in total. The quantitative estimate of drug-likeness (QED) is 0.791. The van der Waals surface area contributed by atoms with Gasteiger partial charge in [0.05, 0.1) is 12.3 Å². The van der Waals surface area contributed by atoms with E-state index in [1.807, 2.05) is 47.4 Å². The van der Waals surface area contributed by atoms with Gasteiger partial charge in [0.25, 0.3) is 0 Å². The first-order valence-electron chi connectivity index (χ1n) is 10.9. The van der Waals surface area contributed by atoms with Crippen molar-refractivity contribution in [3.63, 3.8) is 0 Å². The van der Waals surface area contributed by atoms with Crippen molar-refractivity contribution < 1.29 is 9.53 Å². The minimum atomic E-state index is -0.0204. The number of nitrogens with one attached hydrogen (secondary N) is 1. The number of para-hydroxylation sites is 2. The number of hydrogen-bond donors (Lipinski definition) is 1. The molecule has 2 aliphatic rings. The topological polar surface area (TPSA) is 44.8 Å². The number of urea groups is 1. The molecule has 2 saturated heterocycles. The van der Waals surface area contributed by atoms with Gasteiger partial charge in [0, 0.05) is 25.6 Å². The zero-order valence-corrected chi connectivity index (χ0v) is 17.1. The summed E-state index contributed by atoms with van der Waals surface area (Å²) < 4.78 is 5.99. The fraction of sp³-hybridized carbons (Fsp3) is 0.458. The fourth-order valence-electron chi connectivity index (χ4n) is 4.36. The molecule has 1 atom stereocenters. The monoisotopic (exact) mass is 393 g/mol. The molecular weight excluding hydrogens is 362 g/mol. The molecule has 2 aromatic carbocycles. The van der Waals surface area contributed by atoms with E-state index in [2.05, 4.69) is 22.3 Å². The molecule has 4 rings (SSSR count). The van der Waals surface area contributed by atoms with Gasteiger partial charge in [-0.1, -0.05) is 42.5 Å². The molecule has 2 aromatic rings. The second-order valence-corrected chi connectivity index (χ2v) is 8.00. The summed E-state index contributed by atoms with van der Waals surface area (Å²) in [6, 6.07) is 18.5. The summed E-state index contributed by atoms with van der Waals surface area (Å²) in [4.78, 5) is 17.4. The number of anilines is 1. The van der Waals surface area contributed by atoms with Crippen LogP contribution in [0.25, 0.3) is 0 Å². The molecule has 154 valence electrons. The number of piperidine rings is 1. The van der Waals surface area contributed by atoms with Crippen molar-refractivity contribution in [2.45, 2.75) is 38.1 Å². The van der Waals surface area contributed by atoms with Gasteiger partial charge in [-0.25, -0.2) is 4.79 Å². The van der Waals surface area contributed by atoms with Gasteiger partial charge < -0.3 is 15.0 Å². The Hall–Kier alpha value is -2.53. The van der Waals surface area contributed by atoms with Gasteiger partial charge in [0.2, 0.25) is 0 Å². The van der Waals surface area contributed by atoms with E-state index in [1.165, 1.54) is 37.9 Å². The lowest BCUT2D eigenvalue weighted by Crippen LogP contribution is -2.50. The average molecular weight is 394 g/mol. The van der Waals surface area contributed by atoms with E-state index in [9.17, 15) is 4.79 Å². The Morgan fingerprint density at radius 1 is 0.966 bits per heavy atom. The van der Waals surface area contributed by atoms with Crippen molar-refractivity contribution in [1.29, 1.82) is 0 Å². The van der Waals surface area contributed by atoms with Gasteiger partial charge >= 0.3 is 6.03 Å². The molecule has 5 heteroatoms. The van der Waals surface area contributed by atoms with Crippen LogP contribution in [0.15, 0.2) is 54.6 Å². The first-order chi connectivity index (χ1) is 14.3. The second-order valence-electron chi connectivity index (χ2n) is 8.00. The Morgan fingerprint density at radius 2 is 1.72 bits per heavy atom. The van der Waals surface area contributed by atoms with E-state index in [0.717, 1.165) is 37.4 Å². The summed E-state index contributed by atoms with van der Waals surface area (Å²) in [6.07, 6.45) is 5.69. The van der Waals surface area contributed by atoms with E-state index < -0.39 is 0 Å². The third kappa shape index (κ3) is 5.30. The number of benzene rings is 2. The number of carbonyl (C=O) groups excluding carboxylic acids is 1. The SMILES string of the molecule is O=C(Nc1ccccc1OCCc1ccccc1)N1CCCC(N2CCCC2)C1. The minimum absolute atomic E-state index is 0.0204. The molecule has 0 spiro atoms. The largest absolute Gasteiger partial charge is 0.491 e. The lowest BCUT2D eigenvalue weighted by atomic mass is 10.0. The van der Waals surface area contributed by atoms with Gasteiger partial charge in [-0.05, 0) is 56.5 Å². The average Bonchev–Trinajstić information content (AvgIpc) is 3.31. The molecule has 0 bridgehead atoms. The number of carbonyl (C=O) groups is 1. The summed E-state index contributed by atoms with van der Waals surface area (Å²) in [6.45, 7) is 4.59. The zero-order valence-electron chi connectivity index (χ0n) is 17.1. The Kier molecular flexibility index (Phi) is 6.67. The second kappa shape index (κ2) is 9.79. The molecule has 0 saturated carbocycles. The number of ether oxygens (including phenoxy) is 1. The highest BCUT2D eigenvalue weighted by Gasteiger charge is 2.29. The van der Waals surface area contributed by atoms with Crippen LogP contribution >= 0.6 is 0 Å². The number of nitrogens with zero attached hydrogens (tertiary/aromatic N) is 2. The van der Waals surface area contributed by atoms with Crippen LogP contribution in [0.3, 0.4) is 0 Å². The van der Waals surface area contributed by atoms with Crippen LogP contribution in [0.5, 0.6) is 5.75 Å². The Labute approximate surface area is 173 Å². The zero-order chi connectivity index (χ0) is 19.9. The van der Waals surface area contributed by atoms with Crippen molar-refractivity contribution in [3.05, 3.63) is 60.2 Å². The van der Waals surface area contributed by atoms with Gasteiger partial charge in [0.1, 0.15) is 5.75 Å². The molecule has 2 fully saturated rings. The maximum absolute atomic E-state index is 12.9. The highest BCUT2D eigenvalue weighted by molar-refractivity contribution is 5.91. The van der Waals surface area contributed by atoms with Crippen molar-refractivity contribution in [1.82, 2.24) is 9.80 Å². The van der Waals surface area contributed by atoms with Gasteiger partial charge in [0.15, 0.2) is 0 Å². The summed E-state index contributed by atoms with van der Waals surface area (Å²) in [5.74, 6) is 0.727. The molecular formula is C24H31N3O2. The standard InChI is InChI=1S/C24H31N3O2/c28-24(27-17-8-11-21(19-27)26-15-6-7-16-26)25-22-12-4-5-13-23(22)29-18-14-20-9-2-1-3-10-20/h1-5,9-10,12-13,21H,6-8,11,14-19H2,(H,25,28). The molecule has 0 aliphatic carbocycles. The maximum Gasteiger partial charge on any atom is 0.322 e. The van der Waals surface area contributed by atoms with Crippen molar-refractivity contribution in [2.75, 3.05) is 38.1 Å². The van der Waals surface area contributed by atoms with Crippen LogP contribution in [0.1, 0.15) is 31.2 Å². The minimum Gasteiger partial charge on any atom is -0.491 e. The molecule has 0 aromatic heterocycles. The number of likely N-dealkylation sites (tertiary alicyclic amines) is 2. The Bertz CT molecular complexity index is 790. The Balaban J connectivity index is 1.33. The molecule has 29 heavy (non-hydrogen) atoms. The van der Waals surface area contributed by atoms with Crippen molar-refractivity contribution in [2.24, 2.45) is 0 Å². The van der Waals surface area contributed by atoms with Crippen LogP contribution in [0.4, 0.5) is 10.5 Å². The summed E-state index contributed by atoms with van der Waals surface area (Å²) in [7, 11) is 0. The van der Waals surface area contributed by atoms with E-state index in [4.69, 9.17) is 4.74 Å². The van der Waals surface area contributed by atoms with Gasteiger partial charge in [-0.15, -0.1) is 0 Å². The van der Waals surface area contributed by atoms with Crippen molar-refractivity contribution in [3.8, 4) is 5.75 Å². The summed E-state index contributed by atoms with van der Waals surface area (Å²) in [5.41, 5.74) is 1.99. The normalized spacial score (nSPS) is 19.9. The summed E-state index contributed by atoms with van der Waals surface area (Å²) in [5, 5.41) is 3.08. The molecule has 0 radical (unpaired) electrons. The number of rotatable bonds is 6. The molecule has 1 unspecified atom stereocenters. The number of hydrogen-bond acceptors (Lipinski definition) is 3. The molecule has 1 N–H and O–H groups in total. The third-order valence-corrected chi connectivity index (χ3v) is 5.96. The Morgan fingerprint density at radius 3 is 2.55 bits per heavy atom. The van der Waals surface area contributed by atoms with E-state index in [1.54, 1.807) is 0 Å². The fourth-order valence-corrected chi connectivity index (χ4v) is 4.36. The van der Waals surface area contributed by atoms with Crippen molar-refractivity contribution >= 4 is 11.7 Å². The van der Waals surface area contributed by atoms with Crippen LogP contribution in [0, 0.1) is 0 Å². The van der Waals surface area contributed by atoms with Gasteiger partial charge in [-0.3, -0.25) is 4.90 Å². The van der Waals surface area contributed by atoms with Gasteiger partial charge in [-0.2, -0.15) is 0 Å². The molecule has 2 amide bonds. The van der Waals surface area contributed by atoms with E-state index in [-0.39, 0.29) is 6.03 Å². The third-order valence-electron chi connectivity index (χ3n) is 5.96. The van der Waals surface area contributed by atoms with Crippen LogP contribution in [-0.2, 0) is 6.42 Å². The first kappa shape index (κ1) is 19.8. The van der Waals surface area contributed by atoms with E-state index >= 15 is 0 Å². The lowest BCUT2D eigenvalue weighted by Gasteiger charge is -2.37. The van der Waals surface area contributed by atoms with Crippen LogP contribution < -0.4 is 10.1 Å². The first-order valence-corrected chi connectivity index (χ1v) is 10.9. The lowest BCUT2D eigenvalue weighted by molar-refractivity contribution is 0.131. The predicted octanol–water partition coefficient (Wildman–Crippen LogP) is 4.40. The molecule has 2 aliphatic heterocycles. The van der Waals surface area contributed by atoms with Crippen LogP contribution in [-0.4, -0.2) is 54.7 Å². The summed E-state index contributed by atoms with van der Waals surface area (Å²) >= 11 is 0.